The second kappa shape index (κ2) is 7.15. The molecule has 1 aliphatic heterocycles. The number of ketones is 1. The number of hydrogen-bond acceptors (Lipinski definition) is 5. The molecule has 2 fully saturated rings. The van der Waals surface area contributed by atoms with Gasteiger partial charge in [-0.15, -0.1) is 0 Å². The number of benzene rings is 2. The molecule has 1 saturated carbocycles. The average molecular weight is 377 g/mol. The molecule has 28 heavy (non-hydrogen) atoms. The van der Waals surface area contributed by atoms with E-state index in [1.54, 1.807) is 19.4 Å². The SMILES string of the molecule is COCC12CNCCC1(c1ccc(N=Cc3cccc(C(C)=O)c3N)cc1)C2. The molecule has 1 heterocycles. The normalized spacial score (nSPS) is 26.2. The molecular formula is C23H27N3O2. The minimum Gasteiger partial charge on any atom is -0.398 e. The number of aliphatic imine (C=N–C) groups is 1. The first-order chi connectivity index (χ1) is 13.5. The Balaban J connectivity index is 1.54. The highest BCUT2D eigenvalue weighted by Crippen LogP contribution is 2.67. The maximum Gasteiger partial charge on any atom is 0.161 e. The number of piperidine rings is 1. The number of anilines is 1. The van der Waals surface area contributed by atoms with E-state index in [2.05, 4.69) is 34.6 Å². The van der Waals surface area contributed by atoms with E-state index in [4.69, 9.17) is 10.5 Å². The van der Waals surface area contributed by atoms with Crippen molar-refractivity contribution in [1.82, 2.24) is 5.32 Å². The predicted octanol–water partition coefficient (Wildman–Crippen LogP) is 3.49. The van der Waals surface area contributed by atoms with Gasteiger partial charge in [0.25, 0.3) is 0 Å². The second-order valence-corrected chi connectivity index (χ2v) is 8.07. The standard InChI is InChI=1S/C23H27N3O2/c1-16(27)20-5-3-4-17(21(20)24)12-26-19-8-6-18(7-9-19)23-10-11-25-14-22(23,13-23)15-28-2/h3-9,12,25H,10-11,13-15,24H2,1-2H3. The van der Waals surface area contributed by atoms with Crippen LogP contribution in [-0.4, -0.2) is 38.8 Å². The highest BCUT2D eigenvalue weighted by molar-refractivity contribution is 6.03. The second-order valence-electron chi connectivity index (χ2n) is 8.07. The molecule has 0 spiro atoms. The van der Waals surface area contributed by atoms with Gasteiger partial charge in [-0.25, -0.2) is 0 Å². The van der Waals surface area contributed by atoms with E-state index in [0.717, 1.165) is 37.4 Å². The molecule has 146 valence electrons. The largest absolute Gasteiger partial charge is 0.398 e. The Morgan fingerprint density at radius 3 is 2.79 bits per heavy atom. The van der Waals surface area contributed by atoms with Crippen molar-refractivity contribution in [2.75, 3.05) is 32.5 Å². The van der Waals surface area contributed by atoms with Crippen LogP contribution < -0.4 is 11.1 Å². The van der Waals surface area contributed by atoms with Crippen LogP contribution in [0.15, 0.2) is 47.5 Å². The quantitative estimate of drug-likeness (QED) is 0.459. The number of methoxy groups -OCH3 is 1. The topological polar surface area (TPSA) is 76.7 Å². The molecular weight excluding hydrogens is 350 g/mol. The lowest BCUT2D eigenvalue weighted by atomic mass is 9.81. The fourth-order valence-corrected chi connectivity index (χ4v) is 4.83. The summed E-state index contributed by atoms with van der Waals surface area (Å²) in [5, 5.41) is 3.52. The minimum atomic E-state index is -0.0395. The minimum absolute atomic E-state index is 0.0395. The van der Waals surface area contributed by atoms with Crippen LogP contribution in [0, 0.1) is 5.41 Å². The van der Waals surface area contributed by atoms with Crippen molar-refractivity contribution in [1.29, 1.82) is 0 Å². The highest BCUT2D eigenvalue weighted by Gasteiger charge is 2.68. The van der Waals surface area contributed by atoms with Crippen LogP contribution in [0.2, 0.25) is 0 Å². The molecule has 1 aliphatic carbocycles. The zero-order chi connectivity index (χ0) is 19.8. The predicted molar refractivity (Wildman–Crippen MR) is 113 cm³/mol. The molecule has 4 rings (SSSR count). The summed E-state index contributed by atoms with van der Waals surface area (Å²) in [5.41, 5.74) is 10.6. The molecule has 5 heteroatoms. The Labute approximate surface area is 166 Å². The molecule has 5 nitrogen and oxygen atoms in total. The summed E-state index contributed by atoms with van der Waals surface area (Å²) in [6, 6.07) is 14.0. The van der Waals surface area contributed by atoms with Crippen LogP contribution in [-0.2, 0) is 10.2 Å². The van der Waals surface area contributed by atoms with Gasteiger partial charge in [-0.2, -0.15) is 0 Å². The van der Waals surface area contributed by atoms with Crippen molar-refractivity contribution in [3.63, 3.8) is 0 Å². The lowest BCUT2D eigenvalue weighted by Crippen LogP contribution is -2.40. The van der Waals surface area contributed by atoms with Gasteiger partial charge in [-0.3, -0.25) is 9.79 Å². The molecule has 0 radical (unpaired) electrons. The lowest BCUT2D eigenvalue weighted by molar-refractivity contribution is 0.101. The summed E-state index contributed by atoms with van der Waals surface area (Å²) in [6.45, 7) is 4.39. The van der Waals surface area contributed by atoms with Gasteiger partial charge in [-0.1, -0.05) is 24.3 Å². The summed E-state index contributed by atoms with van der Waals surface area (Å²) < 4.78 is 5.52. The number of carbonyl (C=O) groups is 1. The van der Waals surface area contributed by atoms with E-state index in [0.29, 0.717) is 11.3 Å². The van der Waals surface area contributed by atoms with Crippen molar-refractivity contribution in [2.24, 2.45) is 10.4 Å². The van der Waals surface area contributed by atoms with Crippen LogP contribution in [0.25, 0.3) is 0 Å². The summed E-state index contributed by atoms with van der Waals surface area (Å²) in [7, 11) is 1.79. The van der Waals surface area contributed by atoms with Gasteiger partial charge in [0.15, 0.2) is 5.78 Å². The number of fused-ring (bicyclic) bond motifs is 1. The first-order valence-corrected chi connectivity index (χ1v) is 9.75. The smallest absolute Gasteiger partial charge is 0.161 e. The summed E-state index contributed by atoms with van der Waals surface area (Å²) in [6.07, 6.45) is 4.05. The summed E-state index contributed by atoms with van der Waals surface area (Å²) in [5.74, 6) is -0.0395. The number of hydrogen-bond donors (Lipinski definition) is 2. The van der Waals surface area contributed by atoms with Crippen LogP contribution in [0.5, 0.6) is 0 Å². The van der Waals surface area contributed by atoms with Crippen molar-refractivity contribution in [3.8, 4) is 0 Å². The zero-order valence-electron chi connectivity index (χ0n) is 16.5. The van der Waals surface area contributed by atoms with Crippen molar-refractivity contribution in [3.05, 3.63) is 59.2 Å². The van der Waals surface area contributed by atoms with Crippen LogP contribution in [0.4, 0.5) is 11.4 Å². The van der Waals surface area contributed by atoms with E-state index < -0.39 is 0 Å². The van der Waals surface area contributed by atoms with Gasteiger partial charge >= 0.3 is 0 Å². The number of nitrogen functional groups attached to an aromatic ring is 1. The first-order valence-electron chi connectivity index (χ1n) is 9.75. The number of nitrogens with one attached hydrogen (secondary N) is 1. The van der Waals surface area contributed by atoms with E-state index in [-0.39, 0.29) is 16.6 Å². The maximum atomic E-state index is 11.6. The van der Waals surface area contributed by atoms with Crippen LogP contribution in [0.1, 0.15) is 41.3 Å². The zero-order valence-corrected chi connectivity index (χ0v) is 16.5. The fraction of sp³-hybridized carbons (Fsp3) is 0.391. The number of nitrogens with zero attached hydrogens (tertiary/aromatic N) is 1. The number of nitrogens with two attached hydrogens (primary N) is 1. The molecule has 2 aromatic rings. The van der Waals surface area contributed by atoms with Crippen LogP contribution in [0.3, 0.4) is 0 Å². The third-order valence-corrected chi connectivity index (χ3v) is 6.43. The molecule has 2 aliphatic rings. The Morgan fingerprint density at radius 2 is 2.07 bits per heavy atom. The van der Waals surface area contributed by atoms with E-state index in [1.165, 1.54) is 18.9 Å². The fourth-order valence-electron chi connectivity index (χ4n) is 4.83. The van der Waals surface area contributed by atoms with Gasteiger partial charge < -0.3 is 15.8 Å². The Kier molecular flexibility index (Phi) is 4.81. The highest BCUT2D eigenvalue weighted by atomic mass is 16.5. The molecule has 1 saturated heterocycles. The van der Waals surface area contributed by atoms with Gasteiger partial charge in [0.05, 0.1) is 18.0 Å². The van der Waals surface area contributed by atoms with Gasteiger partial charge in [0.2, 0.25) is 0 Å². The lowest BCUT2D eigenvalue weighted by Gasteiger charge is -2.31. The van der Waals surface area contributed by atoms with Crippen molar-refractivity contribution < 1.29 is 9.53 Å². The molecule has 2 unspecified atom stereocenters. The van der Waals surface area contributed by atoms with Gasteiger partial charge in [0, 0.05) is 41.8 Å². The Hall–Kier alpha value is -2.50. The van der Waals surface area contributed by atoms with Crippen LogP contribution >= 0.6 is 0 Å². The molecule has 2 atom stereocenters. The third kappa shape index (κ3) is 3.05. The monoisotopic (exact) mass is 377 g/mol. The molecule has 2 aromatic carbocycles. The maximum absolute atomic E-state index is 11.6. The number of ether oxygens (including phenoxy) is 1. The average Bonchev–Trinajstić information content (AvgIpc) is 3.37. The number of carbonyl (C=O) groups excluding carboxylic acids is 1. The Bertz CT molecular complexity index is 918. The molecule has 0 amide bonds. The molecule has 0 bridgehead atoms. The van der Waals surface area contributed by atoms with E-state index in [1.807, 2.05) is 12.1 Å². The van der Waals surface area contributed by atoms with E-state index in [9.17, 15) is 4.79 Å². The molecule has 3 N–H and O–H groups in total. The third-order valence-electron chi connectivity index (χ3n) is 6.43. The number of Topliss-reactive ketones (excluding diaryl/α,β-unsaturated/α-hetero) is 1. The molecule has 0 aromatic heterocycles. The Morgan fingerprint density at radius 1 is 1.29 bits per heavy atom. The van der Waals surface area contributed by atoms with E-state index >= 15 is 0 Å². The summed E-state index contributed by atoms with van der Waals surface area (Å²) >= 11 is 0. The number of para-hydroxylation sites is 1. The van der Waals surface area contributed by atoms with Gasteiger partial charge in [0.1, 0.15) is 0 Å². The first kappa shape index (κ1) is 18.8. The number of rotatable bonds is 6. The summed E-state index contributed by atoms with van der Waals surface area (Å²) in [4.78, 5) is 16.2. The van der Waals surface area contributed by atoms with Crippen molar-refractivity contribution in [2.45, 2.75) is 25.2 Å². The van der Waals surface area contributed by atoms with Gasteiger partial charge in [-0.05, 0) is 50.1 Å². The van der Waals surface area contributed by atoms with Crippen molar-refractivity contribution >= 4 is 23.4 Å².